The number of hydrogen-bond donors (Lipinski definition) is 0. The van der Waals surface area contributed by atoms with E-state index < -0.39 is 0 Å². The SMILES string of the molecule is [Br][Hg].c1ccccc1. The molecule has 0 N–H and O–H groups in total. The second-order valence-electron chi connectivity index (χ2n) is 1.15. The molecule has 0 nitrogen and oxygen atoms in total. The first kappa shape index (κ1) is 8.64. The maximum Gasteiger partial charge on any atom is -0.0623 e. The summed E-state index contributed by atoms with van der Waals surface area (Å²) >= 11 is 3.97. The van der Waals surface area contributed by atoms with Crippen LogP contribution in [0, 0.1) is 0 Å². The molecule has 0 heterocycles. The van der Waals surface area contributed by atoms with Gasteiger partial charge in [-0.15, -0.1) is 0 Å². The van der Waals surface area contributed by atoms with Crippen molar-refractivity contribution in [2.24, 2.45) is 0 Å². The first-order chi connectivity index (χ1) is 4.00. The zero-order valence-electron chi connectivity index (χ0n) is 4.55. The summed E-state index contributed by atoms with van der Waals surface area (Å²) in [6.45, 7) is 0. The first-order valence-corrected chi connectivity index (χ1v) is 14.2. The average molecular weight is 359 g/mol. The molecule has 0 aliphatic heterocycles. The molecule has 1 aromatic rings. The van der Waals surface area contributed by atoms with Gasteiger partial charge in [0.15, 0.2) is 0 Å². The Kier molecular flexibility index (Phi) is 8.24. The summed E-state index contributed by atoms with van der Waals surface area (Å²) in [7, 11) is 0. The molecule has 0 spiro atoms. The molecular weight excluding hydrogens is 353 g/mol. The summed E-state index contributed by atoms with van der Waals surface area (Å²) in [5.74, 6) is 0. The standard InChI is InChI=1S/C6H6.BrH.Hg/c1-2-4-6-5-3-1;;/h1-6H;1H;/q;;+1/p-1. The van der Waals surface area contributed by atoms with Gasteiger partial charge in [0.05, 0.1) is 0 Å². The van der Waals surface area contributed by atoms with Crippen LogP contribution in [-0.2, 0) is 23.7 Å². The summed E-state index contributed by atoms with van der Waals surface area (Å²) < 4.78 is 0. The Balaban J connectivity index is 0.000000222. The van der Waals surface area contributed by atoms with Gasteiger partial charge in [0.25, 0.3) is 0 Å². The Morgan fingerprint density at radius 1 is 0.625 bits per heavy atom. The molecule has 0 saturated carbocycles. The second-order valence-corrected chi connectivity index (χ2v) is 1.15. The molecule has 8 heavy (non-hydrogen) atoms. The van der Waals surface area contributed by atoms with E-state index in [1.807, 2.05) is 36.4 Å². The molecule has 0 saturated heterocycles. The summed E-state index contributed by atoms with van der Waals surface area (Å²) in [4.78, 5) is 0. The smallest absolute Gasteiger partial charge is 0.0623 e. The van der Waals surface area contributed by atoms with Crippen molar-refractivity contribution in [1.82, 2.24) is 0 Å². The summed E-state index contributed by atoms with van der Waals surface area (Å²) in [6, 6.07) is 12.0. The van der Waals surface area contributed by atoms with Crippen molar-refractivity contribution in [1.29, 1.82) is 0 Å². The molecule has 39 valence electrons. The Labute approximate surface area is 71.5 Å². The van der Waals surface area contributed by atoms with Crippen LogP contribution in [0.2, 0.25) is 0 Å². The Morgan fingerprint density at radius 2 is 0.750 bits per heavy atom. The van der Waals surface area contributed by atoms with Crippen molar-refractivity contribution >= 4 is 11.9 Å². The molecule has 2 heteroatoms. The molecule has 0 aliphatic rings. The van der Waals surface area contributed by atoms with Gasteiger partial charge in [0.2, 0.25) is 0 Å². The number of rotatable bonds is 0. The van der Waals surface area contributed by atoms with E-state index >= 15 is 0 Å². The molecule has 0 fully saturated rings. The third-order valence-electron chi connectivity index (χ3n) is 0.667. The summed E-state index contributed by atoms with van der Waals surface area (Å²) in [6.07, 6.45) is 0. The molecule has 0 radical (unpaired) electrons. The summed E-state index contributed by atoms with van der Waals surface area (Å²) in [5.41, 5.74) is 0. The zero-order valence-corrected chi connectivity index (χ0v) is 11.6. The van der Waals surface area contributed by atoms with Gasteiger partial charge in [-0.25, -0.2) is 0 Å². The van der Waals surface area contributed by atoms with Crippen LogP contribution in [0.25, 0.3) is 0 Å². The third-order valence-corrected chi connectivity index (χ3v) is 0.667. The van der Waals surface area contributed by atoms with E-state index in [0.29, 0.717) is 0 Å². The van der Waals surface area contributed by atoms with Crippen LogP contribution in [0.15, 0.2) is 36.4 Å². The zero-order chi connectivity index (χ0) is 6.24. The predicted octanol–water partition coefficient (Wildman–Crippen LogP) is 2.53. The van der Waals surface area contributed by atoms with Crippen molar-refractivity contribution in [2.75, 3.05) is 0 Å². The predicted molar refractivity (Wildman–Crippen MR) is 35.4 cm³/mol. The number of halogens is 1. The van der Waals surface area contributed by atoms with Gasteiger partial charge in [-0.1, -0.05) is 36.4 Å². The molecule has 0 unspecified atom stereocenters. The van der Waals surface area contributed by atoms with Crippen molar-refractivity contribution in [3.63, 3.8) is 0 Å². The van der Waals surface area contributed by atoms with Gasteiger partial charge in [0.1, 0.15) is 0 Å². The quantitative estimate of drug-likeness (QED) is 0.625. The van der Waals surface area contributed by atoms with Crippen LogP contribution in [0.4, 0.5) is 0 Å². The van der Waals surface area contributed by atoms with E-state index in [1.54, 1.807) is 0 Å². The van der Waals surface area contributed by atoms with Crippen LogP contribution in [0.5, 0.6) is 0 Å². The van der Waals surface area contributed by atoms with E-state index in [-0.39, 0.29) is 0 Å². The van der Waals surface area contributed by atoms with Crippen LogP contribution >= 0.6 is 11.9 Å². The monoisotopic (exact) mass is 359 g/mol. The maximum atomic E-state index is 3.13. The topological polar surface area (TPSA) is 0 Å². The minimum Gasteiger partial charge on any atom is -0.0623 e. The fourth-order valence-corrected chi connectivity index (χ4v) is 0.385. The minimum atomic E-state index is 0.840. The van der Waals surface area contributed by atoms with Gasteiger partial charge in [-0.3, -0.25) is 0 Å². The fraction of sp³-hybridized carbons (Fsp3) is 0. The van der Waals surface area contributed by atoms with E-state index in [1.165, 1.54) is 0 Å². The van der Waals surface area contributed by atoms with E-state index in [4.69, 9.17) is 0 Å². The average Bonchev–Trinajstić information content (AvgIpc) is 1.96. The van der Waals surface area contributed by atoms with E-state index in [9.17, 15) is 0 Å². The second kappa shape index (κ2) is 7.64. The molecule has 0 aliphatic carbocycles. The summed E-state index contributed by atoms with van der Waals surface area (Å²) in [5, 5.41) is 0. The molecule has 1 aromatic carbocycles. The van der Waals surface area contributed by atoms with Crippen LogP contribution in [0.1, 0.15) is 0 Å². The molecule has 0 bridgehead atoms. The van der Waals surface area contributed by atoms with E-state index in [2.05, 4.69) is 11.9 Å². The number of hydrogen-bond acceptors (Lipinski definition) is 0. The first-order valence-electron chi connectivity index (χ1n) is 2.27. The Bertz CT molecular complexity index is 80.5. The minimum absolute atomic E-state index is 0.840. The largest absolute Gasteiger partial charge is 0.0623 e. The van der Waals surface area contributed by atoms with Crippen LogP contribution in [-0.4, -0.2) is 0 Å². The van der Waals surface area contributed by atoms with E-state index in [0.717, 1.165) is 23.7 Å². The van der Waals surface area contributed by atoms with Gasteiger partial charge < -0.3 is 0 Å². The fourth-order valence-electron chi connectivity index (χ4n) is 0.385. The third kappa shape index (κ3) is 4.79. The number of benzene rings is 1. The van der Waals surface area contributed by atoms with Gasteiger partial charge >= 0.3 is 35.6 Å². The van der Waals surface area contributed by atoms with Crippen molar-refractivity contribution in [3.8, 4) is 0 Å². The Hall–Kier alpha value is 0.635. The van der Waals surface area contributed by atoms with Crippen molar-refractivity contribution in [2.45, 2.75) is 0 Å². The molecule has 0 amide bonds. The van der Waals surface area contributed by atoms with Crippen LogP contribution in [0.3, 0.4) is 0 Å². The normalized spacial score (nSPS) is 6.88. The molecular formula is C6H6BrHg. The molecule has 0 aromatic heterocycles. The van der Waals surface area contributed by atoms with Crippen LogP contribution < -0.4 is 0 Å². The maximum absolute atomic E-state index is 3.13. The van der Waals surface area contributed by atoms with Gasteiger partial charge in [-0.05, 0) is 0 Å². The van der Waals surface area contributed by atoms with Crippen molar-refractivity contribution < 1.29 is 23.7 Å². The van der Waals surface area contributed by atoms with Gasteiger partial charge in [0, 0.05) is 0 Å². The molecule has 1 rings (SSSR count). The van der Waals surface area contributed by atoms with Crippen molar-refractivity contribution in [3.05, 3.63) is 36.4 Å². The molecule has 0 atom stereocenters. The Morgan fingerprint density at radius 3 is 0.875 bits per heavy atom. The van der Waals surface area contributed by atoms with Gasteiger partial charge in [-0.2, -0.15) is 0 Å².